The van der Waals surface area contributed by atoms with Gasteiger partial charge in [-0.25, -0.2) is 9.78 Å². The molecule has 3 aliphatic heterocycles. The molecule has 16 heteroatoms. The van der Waals surface area contributed by atoms with Gasteiger partial charge in [0.15, 0.2) is 0 Å². The topological polar surface area (TPSA) is 188 Å². The number of amides is 2. The molecule has 0 saturated carbocycles. The number of unbranched alkanes of at least 4 members (excludes halogenated alkanes) is 2. The van der Waals surface area contributed by atoms with E-state index in [0.717, 1.165) is 25.7 Å². The second kappa shape index (κ2) is 20.9. The van der Waals surface area contributed by atoms with Gasteiger partial charge >= 0.3 is 18.1 Å². The van der Waals surface area contributed by atoms with Crippen molar-refractivity contribution in [2.45, 2.75) is 135 Å². The second-order valence-corrected chi connectivity index (χ2v) is 19.4. The molecule has 0 aliphatic carbocycles. The molecule has 7 atom stereocenters. The third kappa shape index (κ3) is 12.0. The summed E-state index contributed by atoms with van der Waals surface area (Å²) in [5.74, 6) is -3.42. The van der Waals surface area contributed by atoms with Gasteiger partial charge < -0.3 is 28.8 Å². The number of aliphatic hydroxyl groups is 1. The highest BCUT2D eigenvalue weighted by Crippen LogP contribution is 2.47. The Morgan fingerprint density at radius 1 is 1.06 bits per heavy atom. The Hall–Kier alpha value is -4.96. The van der Waals surface area contributed by atoms with Crippen LogP contribution in [0.5, 0.6) is 5.75 Å². The molecule has 2 fully saturated rings. The number of thiazole rings is 1. The Bertz CT molecular complexity index is 2270. The summed E-state index contributed by atoms with van der Waals surface area (Å²) >= 11 is 8.02. The van der Waals surface area contributed by atoms with Crippen LogP contribution in [0.15, 0.2) is 61.2 Å². The van der Waals surface area contributed by atoms with Crippen molar-refractivity contribution in [3.05, 3.63) is 82.4 Å². The molecule has 4 heterocycles. The van der Waals surface area contributed by atoms with E-state index in [2.05, 4.69) is 11.6 Å². The van der Waals surface area contributed by atoms with Gasteiger partial charge in [0.2, 0.25) is 0 Å². The number of allylic oxidation sites excluding steroid dienone is 1. The fourth-order valence-electron chi connectivity index (χ4n) is 8.43. The fraction of sp³-hybridized carbons (Fsp3) is 0.521. The van der Waals surface area contributed by atoms with Crippen LogP contribution < -0.4 is 4.74 Å². The first kappa shape index (κ1) is 48.5. The number of Topliss-reactive ketones (excluding diaryl/α,β-unsaturated/α-hetero) is 1. The minimum absolute atomic E-state index is 0.102. The number of benzene rings is 2. The number of cyclic esters (lactones) is 1. The lowest BCUT2D eigenvalue weighted by Gasteiger charge is -2.37. The maximum absolute atomic E-state index is 14.5. The van der Waals surface area contributed by atoms with Crippen LogP contribution in [0.3, 0.4) is 0 Å². The Morgan fingerprint density at radius 3 is 2.53 bits per heavy atom. The van der Waals surface area contributed by atoms with Crippen LogP contribution in [0.1, 0.15) is 114 Å². The zero-order valence-electron chi connectivity index (χ0n) is 37.0. The minimum atomic E-state index is -1.46. The van der Waals surface area contributed by atoms with Gasteiger partial charge in [-0.1, -0.05) is 63.4 Å². The molecule has 2 aromatic carbocycles. The van der Waals surface area contributed by atoms with Gasteiger partial charge in [-0.05, 0) is 87.3 Å². The van der Waals surface area contributed by atoms with Crippen LogP contribution in [-0.4, -0.2) is 81.1 Å². The number of aromatic nitrogens is 1. The SMILES string of the molecule is C=CC[C@H]1C(=O)C(C)(C)[C@@H](O)CC(=O)O[C@H](c2ccc3sc(C)nc3c2)C[C@@H]2O[C@]2(C)CCC[C@H](C)[C@@H]1OC(=O)OCc1ccc(OC(=O)CCCCCN2C(=O)C=CC2=O)c(Cl)c1. The van der Waals surface area contributed by atoms with Gasteiger partial charge in [-0.2, -0.15) is 0 Å². The summed E-state index contributed by atoms with van der Waals surface area (Å²) in [6, 6.07) is 10.4. The van der Waals surface area contributed by atoms with E-state index in [1.807, 2.05) is 39.0 Å². The van der Waals surface area contributed by atoms with Crippen molar-refractivity contribution in [3.63, 3.8) is 0 Å². The van der Waals surface area contributed by atoms with E-state index in [-0.39, 0.29) is 60.6 Å². The van der Waals surface area contributed by atoms with Crippen molar-refractivity contribution in [1.29, 1.82) is 0 Å². The number of epoxide rings is 1. The molecular weight excluding hydrogens is 864 g/mol. The van der Waals surface area contributed by atoms with E-state index >= 15 is 0 Å². The number of aliphatic hydroxyl groups excluding tert-OH is 1. The van der Waals surface area contributed by atoms with Crippen molar-refractivity contribution < 1.29 is 57.6 Å². The summed E-state index contributed by atoms with van der Waals surface area (Å²) in [5, 5.41) is 12.6. The number of rotatable bonds is 13. The summed E-state index contributed by atoms with van der Waals surface area (Å²) in [7, 11) is 0. The highest BCUT2D eigenvalue weighted by molar-refractivity contribution is 7.18. The Labute approximate surface area is 382 Å². The number of carbonyl (C=O) groups excluding carboxylic acids is 6. The van der Waals surface area contributed by atoms with E-state index in [9.17, 15) is 33.9 Å². The Morgan fingerprint density at radius 2 is 1.81 bits per heavy atom. The molecule has 2 saturated heterocycles. The number of hydrogen-bond donors (Lipinski definition) is 1. The van der Waals surface area contributed by atoms with Crippen molar-refractivity contribution in [1.82, 2.24) is 9.88 Å². The van der Waals surface area contributed by atoms with Gasteiger partial charge in [0.05, 0.1) is 55.8 Å². The van der Waals surface area contributed by atoms with E-state index in [4.69, 9.17) is 35.3 Å². The summed E-state index contributed by atoms with van der Waals surface area (Å²) in [6.07, 6.45) is 3.48. The average molecular weight is 922 g/mol. The molecule has 14 nitrogen and oxygen atoms in total. The van der Waals surface area contributed by atoms with Gasteiger partial charge in [-0.3, -0.25) is 28.9 Å². The van der Waals surface area contributed by atoms with Crippen LogP contribution in [0.4, 0.5) is 4.79 Å². The van der Waals surface area contributed by atoms with Gasteiger partial charge in [0.25, 0.3) is 11.8 Å². The molecule has 1 aromatic heterocycles. The molecule has 0 spiro atoms. The number of hydrogen-bond acceptors (Lipinski definition) is 14. The highest BCUT2D eigenvalue weighted by atomic mass is 35.5. The summed E-state index contributed by atoms with van der Waals surface area (Å²) in [4.78, 5) is 83.2. The lowest BCUT2D eigenvalue weighted by Crippen LogP contribution is -2.47. The molecule has 344 valence electrons. The first-order valence-electron chi connectivity index (χ1n) is 21.8. The smallest absolute Gasteiger partial charge is 0.457 e. The van der Waals surface area contributed by atoms with Crippen LogP contribution >= 0.6 is 22.9 Å². The lowest BCUT2D eigenvalue weighted by atomic mass is 9.71. The number of ketones is 1. The molecule has 0 radical (unpaired) electrons. The molecule has 2 amide bonds. The maximum Gasteiger partial charge on any atom is 0.508 e. The van der Waals surface area contributed by atoms with Crippen molar-refractivity contribution in [2.24, 2.45) is 17.3 Å². The predicted molar refractivity (Wildman–Crippen MR) is 238 cm³/mol. The van der Waals surface area contributed by atoms with Crippen LogP contribution in [0.25, 0.3) is 10.2 Å². The van der Waals surface area contributed by atoms with Crippen molar-refractivity contribution in [2.75, 3.05) is 6.54 Å². The van der Waals surface area contributed by atoms with E-state index in [0.29, 0.717) is 50.5 Å². The molecule has 64 heavy (non-hydrogen) atoms. The highest BCUT2D eigenvalue weighted by Gasteiger charge is 2.53. The van der Waals surface area contributed by atoms with Crippen LogP contribution in [-0.2, 0) is 49.5 Å². The first-order valence-corrected chi connectivity index (χ1v) is 23.0. The first-order chi connectivity index (χ1) is 30.4. The molecule has 3 aromatic rings. The third-order valence-corrected chi connectivity index (χ3v) is 13.7. The maximum atomic E-state index is 14.5. The van der Waals surface area contributed by atoms with Gasteiger partial charge in [0.1, 0.15) is 30.3 Å². The normalized spacial score (nSPS) is 26.3. The lowest BCUT2D eigenvalue weighted by molar-refractivity contribution is -0.157. The van der Waals surface area contributed by atoms with Crippen LogP contribution in [0, 0.1) is 24.2 Å². The number of carbonyl (C=O) groups is 6. The molecule has 0 bridgehead atoms. The quantitative estimate of drug-likeness (QED) is 0.0428. The second-order valence-electron chi connectivity index (χ2n) is 17.7. The largest absolute Gasteiger partial charge is 0.508 e. The molecule has 6 rings (SSSR count). The monoisotopic (exact) mass is 920 g/mol. The zero-order valence-corrected chi connectivity index (χ0v) is 38.5. The average Bonchev–Trinajstić information content (AvgIpc) is 3.52. The van der Waals surface area contributed by atoms with E-state index < -0.39 is 65.5 Å². The minimum Gasteiger partial charge on any atom is -0.457 e. The standard InChI is InChI=1S/C48H57ClN2O12S/c1-7-12-32-44(62-46(58)59-27-30-15-17-35(33(49)23-30)60-42(55)14-9-8-10-22-51-40(53)19-20-41(51)54)28(2)13-11-21-48(6)39(63-48)25-36(31-16-18-37-34(24-31)50-29(3)64-37)61-43(56)26-38(52)47(4,5)45(32)57/h7,15-20,23-24,28,32,36,38-39,44,52H,1,8-14,21-22,25-27H2,2-6H3/t28-,32+,36-,38-,39-,44-,48+/m0/s1. The summed E-state index contributed by atoms with van der Waals surface area (Å²) in [5.41, 5.74) is 0.121. The van der Waals surface area contributed by atoms with E-state index in [1.165, 1.54) is 24.3 Å². The number of nitrogens with zero attached hydrogens (tertiary/aromatic N) is 2. The zero-order chi connectivity index (χ0) is 46.3. The molecular formula is C48H57ClN2O12S. The Balaban J connectivity index is 1.08. The fourth-order valence-corrected chi connectivity index (χ4v) is 9.48. The van der Waals surface area contributed by atoms with Crippen LogP contribution in [0.2, 0.25) is 5.02 Å². The molecule has 3 aliphatic rings. The predicted octanol–water partition coefficient (Wildman–Crippen LogP) is 8.86. The number of imide groups is 1. The Kier molecular flexibility index (Phi) is 15.8. The molecule has 1 N–H and O–H groups in total. The number of ether oxygens (including phenoxy) is 5. The number of aryl methyl sites for hydroxylation is 1. The number of esters is 2. The molecule has 0 unspecified atom stereocenters. The summed E-state index contributed by atoms with van der Waals surface area (Å²) in [6.45, 7) is 12.9. The van der Waals surface area contributed by atoms with E-state index in [1.54, 1.807) is 37.3 Å². The number of fused-ring (bicyclic) bond motifs is 2. The van der Waals surface area contributed by atoms with Gasteiger partial charge in [0, 0.05) is 31.5 Å². The number of halogens is 1. The van der Waals surface area contributed by atoms with Crippen molar-refractivity contribution in [3.8, 4) is 5.75 Å². The van der Waals surface area contributed by atoms with Gasteiger partial charge in [-0.15, -0.1) is 17.9 Å². The third-order valence-electron chi connectivity index (χ3n) is 12.5. The van der Waals surface area contributed by atoms with Crippen molar-refractivity contribution >= 4 is 68.8 Å². The summed E-state index contributed by atoms with van der Waals surface area (Å²) < 4.78 is 30.3.